The zero-order chi connectivity index (χ0) is 15.2. The molecule has 0 spiro atoms. The van der Waals surface area contributed by atoms with E-state index in [0.29, 0.717) is 23.1 Å². The number of aryl methyl sites for hydroxylation is 1. The number of tetrazole rings is 1. The van der Waals surface area contributed by atoms with Crippen molar-refractivity contribution in [3.05, 3.63) is 16.0 Å². The highest BCUT2D eigenvalue weighted by atomic mass is 32.1. The van der Waals surface area contributed by atoms with Crippen molar-refractivity contribution < 1.29 is 9.53 Å². The lowest BCUT2D eigenvalue weighted by molar-refractivity contribution is 0.0526. The standard InChI is InChI=1S/C12H16N6O2S/c1-4-8-7(3)21-10(9(8)11(19)20-5-2)13-6-14-12-15-17-18-16-12/h6H,4-5H2,1-3H3,(H2,13,14,15,16,17,18). The van der Waals surface area contributed by atoms with Gasteiger partial charge in [-0.05, 0) is 36.3 Å². The van der Waals surface area contributed by atoms with Crippen LogP contribution in [0.25, 0.3) is 0 Å². The van der Waals surface area contributed by atoms with Crippen molar-refractivity contribution in [3.63, 3.8) is 0 Å². The molecule has 8 nitrogen and oxygen atoms in total. The Morgan fingerprint density at radius 2 is 2.33 bits per heavy atom. The number of anilines is 1. The summed E-state index contributed by atoms with van der Waals surface area (Å²) in [6, 6.07) is 0. The summed E-state index contributed by atoms with van der Waals surface area (Å²) in [6.07, 6.45) is 2.20. The van der Waals surface area contributed by atoms with Crippen LogP contribution >= 0.6 is 11.3 Å². The van der Waals surface area contributed by atoms with E-state index in [1.165, 1.54) is 17.7 Å². The van der Waals surface area contributed by atoms with Gasteiger partial charge in [0.1, 0.15) is 5.00 Å². The number of ether oxygens (including phenoxy) is 1. The molecule has 0 saturated carbocycles. The summed E-state index contributed by atoms with van der Waals surface area (Å²) in [6.45, 7) is 6.09. The maximum Gasteiger partial charge on any atom is 0.341 e. The number of thiophene rings is 1. The van der Waals surface area contributed by atoms with Crippen LogP contribution < -0.4 is 5.32 Å². The average Bonchev–Trinajstić information content (AvgIpc) is 3.06. The first-order chi connectivity index (χ1) is 10.2. The van der Waals surface area contributed by atoms with Crippen molar-refractivity contribution in [2.45, 2.75) is 27.2 Å². The number of aromatic amines is 1. The number of hydrogen-bond acceptors (Lipinski definition) is 7. The number of aromatic nitrogens is 4. The summed E-state index contributed by atoms with van der Waals surface area (Å²) >= 11 is 1.46. The predicted octanol–water partition coefficient (Wildman–Crippen LogP) is 2.08. The molecule has 0 aliphatic rings. The van der Waals surface area contributed by atoms with Crippen LogP contribution in [0.4, 0.5) is 10.9 Å². The van der Waals surface area contributed by atoms with Gasteiger partial charge in [0.05, 0.1) is 18.5 Å². The normalized spacial score (nSPS) is 11.0. The molecule has 0 unspecified atom stereocenters. The minimum absolute atomic E-state index is 0.335. The van der Waals surface area contributed by atoms with Crippen molar-refractivity contribution in [1.82, 2.24) is 20.6 Å². The van der Waals surface area contributed by atoms with Crippen LogP contribution in [0.15, 0.2) is 4.99 Å². The molecular formula is C12H16N6O2S. The van der Waals surface area contributed by atoms with Gasteiger partial charge in [-0.1, -0.05) is 12.0 Å². The van der Waals surface area contributed by atoms with E-state index in [9.17, 15) is 4.79 Å². The number of carbonyl (C=O) groups is 1. The molecule has 2 aromatic rings. The SMILES string of the molecule is CCOC(=O)c1c(/N=C/Nc2nnn[nH]2)sc(C)c1CC. The number of nitrogens with one attached hydrogen (secondary N) is 2. The molecule has 0 saturated heterocycles. The fraction of sp³-hybridized carbons (Fsp3) is 0.417. The number of aliphatic imine (C=N–C) groups is 1. The van der Waals surface area contributed by atoms with E-state index in [1.54, 1.807) is 6.92 Å². The Bertz CT molecular complexity index is 634. The Morgan fingerprint density at radius 1 is 1.52 bits per heavy atom. The molecule has 0 aromatic carbocycles. The van der Waals surface area contributed by atoms with Crippen LogP contribution in [0.3, 0.4) is 0 Å². The van der Waals surface area contributed by atoms with Gasteiger partial charge < -0.3 is 10.1 Å². The minimum atomic E-state index is -0.341. The molecule has 112 valence electrons. The second-order valence-corrected chi connectivity index (χ2v) is 5.25. The van der Waals surface area contributed by atoms with Crippen LogP contribution in [-0.2, 0) is 11.2 Å². The lowest BCUT2D eigenvalue weighted by atomic mass is 10.1. The average molecular weight is 308 g/mol. The highest BCUT2D eigenvalue weighted by Gasteiger charge is 2.21. The van der Waals surface area contributed by atoms with Gasteiger partial charge in [0.25, 0.3) is 0 Å². The van der Waals surface area contributed by atoms with Crippen molar-refractivity contribution in [1.29, 1.82) is 0 Å². The van der Waals surface area contributed by atoms with E-state index < -0.39 is 0 Å². The van der Waals surface area contributed by atoms with Gasteiger partial charge >= 0.3 is 5.97 Å². The summed E-state index contributed by atoms with van der Waals surface area (Å²) < 4.78 is 5.11. The second kappa shape index (κ2) is 6.93. The Morgan fingerprint density at radius 3 is 2.95 bits per heavy atom. The Hall–Kier alpha value is -2.29. The first kappa shape index (κ1) is 15.1. The fourth-order valence-electron chi connectivity index (χ4n) is 1.87. The Labute approximate surface area is 125 Å². The zero-order valence-corrected chi connectivity index (χ0v) is 12.8. The maximum absolute atomic E-state index is 12.1. The molecule has 9 heteroatoms. The number of H-pyrrole nitrogens is 1. The molecule has 0 atom stereocenters. The molecule has 2 aromatic heterocycles. The first-order valence-electron chi connectivity index (χ1n) is 6.49. The van der Waals surface area contributed by atoms with E-state index in [-0.39, 0.29) is 5.97 Å². The predicted molar refractivity (Wildman–Crippen MR) is 80.3 cm³/mol. The number of esters is 1. The van der Waals surface area contributed by atoms with Gasteiger partial charge in [-0.25, -0.2) is 14.9 Å². The molecule has 0 aliphatic carbocycles. The zero-order valence-electron chi connectivity index (χ0n) is 12.0. The van der Waals surface area contributed by atoms with Gasteiger partial charge in [-0.2, -0.15) is 0 Å². The van der Waals surface area contributed by atoms with E-state index in [1.807, 2.05) is 13.8 Å². The van der Waals surface area contributed by atoms with Gasteiger partial charge in [0.15, 0.2) is 0 Å². The Balaban J connectivity index is 2.25. The van der Waals surface area contributed by atoms with E-state index in [4.69, 9.17) is 4.74 Å². The lowest BCUT2D eigenvalue weighted by Gasteiger charge is -2.04. The highest BCUT2D eigenvalue weighted by molar-refractivity contribution is 7.16. The van der Waals surface area contributed by atoms with Crippen molar-refractivity contribution >= 4 is 34.6 Å². The Kier molecular flexibility index (Phi) is 4.99. The quantitative estimate of drug-likeness (QED) is 0.481. The molecule has 0 bridgehead atoms. The van der Waals surface area contributed by atoms with Gasteiger partial charge in [-0.15, -0.1) is 11.3 Å². The van der Waals surface area contributed by atoms with Crippen LogP contribution in [0, 0.1) is 6.92 Å². The van der Waals surface area contributed by atoms with Crippen molar-refractivity contribution in [2.75, 3.05) is 11.9 Å². The molecule has 2 heterocycles. The fourth-order valence-corrected chi connectivity index (χ4v) is 2.94. The first-order valence-corrected chi connectivity index (χ1v) is 7.31. The third-order valence-corrected chi connectivity index (χ3v) is 3.81. The summed E-state index contributed by atoms with van der Waals surface area (Å²) in [7, 11) is 0. The summed E-state index contributed by atoms with van der Waals surface area (Å²) in [5.41, 5.74) is 1.52. The third kappa shape index (κ3) is 3.43. The topological polar surface area (TPSA) is 105 Å². The van der Waals surface area contributed by atoms with Crippen LogP contribution in [0.2, 0.25) is 0 Å². The van der Waals surface area contributed by atoms with Gasteiger partial charge in [0.2, 0.25) is 5.95 Å². The molecule has 2 N–H and O–H groups in total. The van der Waals surface area contributed by atoms with E-state index >= 15 is 0 Å². The summed E-state index contributed by atoms with van der Waals surface area (Å²) in [5, 5.41) is 16.5. The monoisotopic (exact) mass is 308 g/mol. The number of carbonyl (C=O) groups excluding carboxylic acids is 1. The summed E-state index contributed by atoms with van der Waals surface area (Å²) in [4.78, 5) is 17.4. The minimum Gasteiger partial charge on any atom is -0.462 e. The van der Waals surface area contributed by atoms with Crippen molar-refractivity contribution in [2.24, 2.45) is 4.99 Å². The number of rotatable bonds is 6. The molecule has 0 radical (unpaired) electrons. The van der Waals surface area contributed by atoms with Crippen molar-refractivity contribution in [3.8, 4) is 0 Å². The van der Waals surface area contributed by atoms with Crippen LogP contribution in [0.1, 0.15) is 34.6 Å². The molecule has 0 aliphatic heterocycles. The van der Waals surface area contributed by atoms with E-state index in [0.717, 1.165) is 16.9 Å². The lowest BCUT2D eigenvalue weighted by Crippen LogP contribution is -2.06. The van der Waals surface area contributed by atoms with Crippen LogP contribution in [0.5, 0.6) is 0 Å². The van der Waals surface area contributed by atoms with Crippen LogP contribution in [-0.4, -0.2) is 39.5 Å². The second-order valence-electron chi connectivity index (χ2n) is 4.04. The highest BCUT2D eigenvalue weighted by Crippen LogP contribution is 2.36. The summed E-state index contributed by atoms with van der Waals surface area (Å²) in [5.74, 6) is 0.0348. The van der Waals surface area contributed by atoms with E-state index in [2.05, 4.69) is 30.9 Å². The van der Waals surface area contributed by atoms with Gasteiger partial charge in [-0.3, -0.25) is 0 Å². The largest absolute Gasteiger partial charge is 0.462 e. The molecule has 21 heavy (non-hydrogen) atoms. The number of nitrogens with zero attached hydrogens (tertiary/aromatic N) is 4. The van der Waals surface area contributed by atoms with Gasteiger partial charge in [0, 0.05) is 4.88 Å². The smallest absolute Gasteiger partial charge is 0.341 e. The molecule has 0 fully saturated rings. The maximum atomic E-state index is 12.1. The molecule has 0 amide bonds. The molecular weight excluding hydrogens is 292 g/mol. The molecule has 2 rings (SSSR count). The third-order valence-electron chi connectivity index (χ3n) is 2.75. The number of hydrogen-bond donors (Lipinski definition) is 2.